The minimum Gasteiger partial charge on any atom is -0.426 e. The first kappa shape index (κ1) is 16.2. The molecule has 0 aliphatic carbocycles. The van der Waals surface area contributed by atoms with Gasteiger partial charge in [-0.25, -0.2) is 0 Å². The average molecular weight is 307 g/mol. The summed E-state index contributed by atoms with van der Waals surface area (Å²) in [6.07, 6.45) is -4.45. The number of aliphatic hydroxyl groups excluding tert-OH is 1. The van der Waals surface area contributed by atoms with Gasteiger partial charge in [0.15, 0.2) is 6.10 Å². The van der Waals surface area contributed by atoms with Gasteiger partial charge in [0, 0.05) is 13.3 Å². The molecule has 2 heterocycles. The van der Waals surface area contributed by atoms with Crippen LogP contribution in [0.25, 0.3) is 0 Å². The second-order valence-electron chi connectivity index (χ2n) is 5.48. The molecule has 0 saturated carbocycles. The predicted octanol–water partition coefficient (Wildman–Crippen LogP) is 1.95. The van der Waals surface area contributed by atoms with E-state index in [9.17, 15) is 18.3 Å². The number of hydrogen-bond donors (Lipinski definition) is 1. The Hall–Kier alpha value is -1.15. The van der Waals surface area contributed by atoms with E-state index in [-0.39, 0.29) is 0 Å². The van der Waals surface area contributed by atoms with Crippen molar-refractivity contribution >= 4 is 0 Å². The summed E-state index contributed by atoms with van der Waals surface area (Å²) in [5, 5.41) is 16.9. The number of nitrogens with zero attached hydrogens (tertiary/aromatic N) is 3. The fraction of sp³-hybridized carbons (Fsp3) is 0.846. The van der Waals surface area contributed by atoms with Crippen LogP contribution in [0.1, 0.15) is 31.0 Å². The maximum atomic E-state index is 12.4. The monoisotopic (exact) mass is 307 g/mol. The van der Waals surface area contributed by atoms with Gasteiger partial charge in [-0.3, -0.25) is 0 Å². The topological polar surface area (TPSA) is 62.4 Å². The van der Waals surface area contributed by atoms with Crippen molar-refractivity contribution in [3.63, 3.8) is 0 Å². The third-order valence-corrected chi connectivity index (χ3v) is 3.85. The molecule has 0 aromatic carbocycles. The second-order valence-corrected chi connectivity index (χ2v) is 5.48. The minimum atomic E-state index is -4.51. The zero-order chi connectivity index (χ0) is 15.5. The summed E-state index contributed by atoms with van der Waals surface area (Å²) in [6, 6.07) is 0. The van der Waals surface area contributed by atoms with Crippen molar-refractivity contribution in [1.82, 2.24) is 15.1 Å². The number of halogens is 3. The highest BCUT2D eigenvalue weighted by atomic mass is 19.4. The zero-order valence-electron chi connectivity index (χ0n) is 11.9. The first-order valence-corrected chi connectivity index (χ1v) is 7.12. The van der Waals surface area contributed by atoms with Crippen LogP contribution < -0.4 is 0 Å². The quantitative estimate of drug-likeness (QED) is 0.901. The van der Waals surface area contributed by atoms with E-state index in [1.54, 1.807) is 6.92 Å². The van der Waals surface area contributed by atoms with Gasteiger partial charge < -0.3 is 14.4 Å². The fourth-order valence-corrected chi connectivity index (χ4v) is 2.65. The number of likely N-dealkylation sites (tertiary alicyclic amines) is 1. The van der Waals surface area contributed by atoms with E-state index in [1.165, 1.54) is 0 Å². The Balaban J connectivity index is 1.67. The Morgan fingerprint density at radius 1 is 1.33 bits per heavy atom. The molecule has 1 aromatic heterocycles. The SMILES string of the molecule is Cc1nnc(CCCN2CCC(C(O)C(F)(F)F)CC2)o1. The molecule has 1 aliphatic heterocycles. The van der Waals surface area contributed by atoms with Gasteiger partial charge in [0.2, 0.25) is 11.8 Å². The highest BCUT2D eigenvalue weighted by molar-refractivity contribution is 4.83. The molecule has 1 unspecified atom stereocenters. The molecular weight excluding hydrogens is 287 g/mol. The van der Waals surface area contributed by atoms with Crippen LogP contribution in [0.3, 0.4) is 0 Å². The van der Waals surface area contributed by atoms with E-state index in [1.807, 2.05) is 0 Å². The molecule has 21 heavy (non-hydrogen) atoms. The third-order valence-electron chi connectivity index (χ3n) is 3.85. The molecule has 0 spiro atoms. The molecule has 0 bridgehead atoms. The number of aliphatic hydroxyl groups is 1. The molecule has 2 rings (SSSR count). The number of piperidine rings is 1. The lowest BCUT2D eigenvalue weighted by Crippen LogP contribution is -2.43. The van der Waals surface area contributed by atoms with Gasteiger partial charge in [-0.2, -0.15) is 13.2 Å². The summed E-state index contributed by atoms with van der Waals surface area (Å²) >= 11 is 0. The first-order valence-electron chi connectivity index (χ1n) is 7.12. The lowest BCUT2D eigenvalue weighted by Gasteiger charge is -2.34. The number of aryl methyl sites for hydroxylation is 2. The Bertz CT molecular complexity index is 442. The number of rotatable bonds is 5. The second kappa shape index (κ2) is 6.74. The average Bonchev–Trinajstić information content (AvgIpc) is 2.83. The maximum Gasteiger partial charge on any atom is 0.414 e. The molecular formula is C13H20F3N3O2. The minimum absolute atomic E-state index is 0.375. The number of alkyl halides is 3. The van der Waals surface area contributed by atoms with Gasteiger partial charge >= 0.3 is 6.18 Å². The Kier molecular flexibility index (Phi) is 5.21. The van der Waals surface area contributed by atoms with Crippen molar-refractivity contribution in [2.75, 3.05) is 19.6 Å². The molecule has 1 aliphatic rings. The lowest BCUT2D eigenvalue weighted by molar-refractivity contribution is -0.223. The van der Waals surface area contributed by atoms with Crippen molar-refractivity contribution < 1.29 is 22.7 Å². The fourth-order valence-electron chi connectivity index (χ4n) is 2.65. The molecule has 1 atom stereocenters. The molecule has 1 fully saturated rings. The Morgan fingerprint density at radius 3 is 2.52 bits per heavy atom. The van der Waals surface area contributed by atoms with Gasteiger partial charge in [0.05, 0.1) is 0 Å². The van der Waals surface area contributed by atoms with Crippen LogP contribution in [0.15, 0.2) is 4.42 Å². The zero-order valence-corrected chi connectivity index (χ0v) is 11.9. The van der Waals surface area contributed by atoms with Crippen LogP contribution in [0.4, 0.5) is 13.2 Å². The Morgan fingerprint density at radius 2 is 2.00 bits per heavy atom. The third kappa shape index (κ3) is 4.67. The van der Waals surface area contributed by atoms with Crippen molar-refractivity contribution in [2.45, 2.75) is 44.9 Å². The summed E-state index contributed by atoms with van der Waals surface area (Å²) < 4.78 is 42.6. The van der Waals surface area contributed by atoms with Crippen LogP contribution in [0.2, 0.25) is 0 Å². The largest absolute Gasteiger partial charge is 0.426 e. The van der Waals surface area contributed by atoms with E-state index in [0.717, 1.165) is 13.0 Å². The summed E-state index contributed by atoms with van der Waals surface area (Å²) in [5.74, 6) is 0.446. The van der Waals surface area contributed by atoms with Crippen LogP contribution >= 0.6 is 0 Å². The molecule has 5 nitrogen and oxygen atoms in total. The normalized spacial score (nSPS) is 19.9. The van der Waals surface area contributed by atoms with Gasteiger partial charge in [-0.1, -0.05) is 0 Å². The van der Waals surface area contributed by atoms with Crippen LogP contribution in [-0.4, -0.2) is 52.1 Å². The van der Waals surface area contributed by atoms with Gasteiger partial charge in [0.25, 0.3) is 0 Å². The molecule has 120 valence electrons. The van der Waals surface area contributed by atoms with Crippen LogP contribution in [-0.2, 0) is 6.42 Å². The standard InChI is InChI=1S/C13H20F3N3O2/c1-9-17-18-11(21-9)3-2-6-19-7-4-10(5-8-19)12(20)13(14,15)16/h10,12,20H,2-8H2,1H3. The number of hydrogen-bond acceptors (Lipinski definition) is 5. The molecule has 0 amide bonds. The molecule has 1 N–H and O–H groups in total. The van der Waals surface area contributed by atoms with Crippen molar-refractivity contribution in [3.8, 4) is 0 Å². The van der Waals surface area contributed by atoms with Gasteiger partial charge in [-0.05, 0) is 44.8 Å². The van der Waals surface area contributed by atoms with Crippen molar-refractivity contribution in [3.05, 3.63) is 11.8 Å². The summed E-state index contributed by atoms with van der Waals surface area (Å²) in [6.45, 7) is 3.69. The van der Waals surface area contributed by atoms with Crippen LogP contribution in [0.5, 0.6) is 0 Å². The van der Waals surface area contributed by atoms with E-state index in [0.29, 0.717) is 44.1 Å². The van der Waals surface area contributed by atoms with E-state index in [4.69, 9.17) is 4.42 Å². The molecule has 0 radical (unpaired) electrons. The number of aromatic nitrogens is 2. The first-order chi connectivity index (χ1) is 9.86. The molecule has 1 aromatic rings. The highest BCUT2D eigenvalue weighted by Crippen LogP contribution is 2.31. The van der Waals surface area contributed by atoms with Gasteiger partial charge in [0.1, 0.15) is 0 Å². The van der Waals surface area contributed by atoms with Crippen molar-refractivity contribution in [2.24, 2.45) is 5.92 Å². The summed E-state index contributed by atoms with van der Waals surface area (Å²) in [4.78, 5) is 2.11. The summed E-state index contributed by atoms with van der Waals surface area (Å²) in [7, 11) is 0. The molecule has 8 heteroatoms. The van der Waals surface area contributed by atoms with Crippen molar-refractivity contribution in [1.29, 1.82) is 0 Å². The van der Waals surface area contributed by atoms with E-state index >= 15 is 0 Å². The van der Waals surface area contributed by atoms with Crippen LogP contribution in [0, 0.1) is 12.8 Å². The van der Waals surface area contributed by atoms with E-state index in [2.05, 4.69) is 15.1 Å². The highest BCUT2D eigenvalue weighted by Gasteiger charge is 2.44. The van der Waals surface area contributed by atoms with Gasteiger partial charge in [-0.15, -0.1) is 10.2 Å². The van der Waals surface area contributed by atoms with E-state index < -0.39 is 18.2 Å². The predicted molar refractivity (Wildman–Crippen MR) is 68.6 cm³/mol. The maximum absolute atomic E-state index is 12.4. The summed E-state index contributed by atoms with van der Waals surface area (Å²) in [5.41, 5.74) is 0. The smallest absolute Gasteiger partial charge is 0.414 e. The Labute approximate surface area is 121 Å². The molecule has 1 saturated heterocycles. The lowest BCUT2D eigenvalue weighted by atomic mass is 9.91.